The molecule has 4 aromatic rings. The molecule has 10 heteroatoms. The van der Waals surface area contributed by atoms with Crippen molar-refractivity contribution >= 4 is 27.5 Å². The Hall–Kier alpha value is -3.40. The van der Waals surface area contributed by atoms with Gasteiger partial charge in [0, 0.05) is 0 Å². The van der Waals surface area contributed by atoms with Gasteiger partial charge in [0.05, 0.1) is 27.2 Å². The zero-order valence-corrected chi connectivity index (χ0v) is 16.0. The fraction of sp³-hybridized carbons (Fsp3) is 0.150. The lowest BCUT2D eigenvalue weighted by Crippen LogP contribution is -2.16. The number of nitrogens with zero attached hydrogens (tertiary/aromatic N) is 3. The van der Waals surface area contributed by atoms with Crippen molar-refractivity contribution in [3.63, 3.8) is 0 Å². The zero-order valence-electron chi connectivity index (χ0n) is 15.1. The Morgan fingerprint density at radius 1 is 1.23 bits per heavy atom. The molecular formula is C20H12F3N3O3S. The lowest BCUT2D eigenvalue weighted by Gasteiger charge is -2.19. The lowest BCUT2D eigenvalue weighted by molar-refractivity contribution is -0.137. The van der Waals surface area contributed by atoms with Gasteiger partial charge in [0.25, 0.3) is 0 Å². The predicted molar refractivity (Wildman–Crippen MR) is 102 cm³/mol. The second kappa shape index (κ2) is 6.84. The topological polar surface area (TPSA) is 66.2 Å². The van der Waals surface area contributed by atoms with Crippen LogP contribution in [-0.4, -0.2) is 20.5 Å². The number of halogens is 3. The van der Waals surface area contributed by atoms with Gasteiger partial charge in [0.2, 0.25) is 0 Å². The maximum Gasteiger partial charge on any atom is 0.416 e. The number of hydrogen-bond donors (Lipinski definition) is 0. The van der Waals surface area contributed by atoms with E-state index in [1.54, 1.807) is 4.57 Å². The van der Waals surface area contributed by atoms with Gasteiger partial charge in [-0.25, -0.2) is 14.8 Å². The van der Waals surface area contributed by atoms with E-state index >= 15 is 0 Å². The lowest BCUT2D eigenvalue weighted by atomic mass is 10.2. The van der Waals surface area contributed by atoms with Gasteiger partial charge < -0.3 is 9.47 Å². The van der Waals surface area contributed by atoms with Crippen molar-refractivity contribution < 1.29 is 27.4 Å². The molecule has 152 valence electrons. The quantitative estimate of drug-likeness (QED) is 0.438. The molecule has 0 fully saturated rings. The number of esters is 1. The van der Waals surface area contributed by atoms with E-state index in [0.717, 1.165) is 17.8 Å². The van der Waals surface area contributed by atoms with Crippen molar-refractivity contribution in [2.45, 2.75) is 19.4 Å². The van der Waals surface area contributed by atoms with E-state index in [-0.39, 0.29) is 24.4 Å². The predicted octanol–water partition coefficient (Wildman–Crippen LogP) is 4.75. The van der Waals surface area contributed by atoms with Gasteiger partial charge in [-0.05, 0) is 30.3 Å². The normalized spacial score (nSPS) is 12.9. The average Bonchev–Trinajstić information content (AvgIpc) is 3.34. The first-order valence-corrected chi connectivity index (χ1v) is 9.64. The van der Waals surface area contributed by atoms with E-state index in [1.807, 2.05) is 24.3 Å². The first-order chi connectivity index (χ1) is 14.4. The highest BCUT2D eigenvalue weighted by atomic mass is 32.1. The number of hydrogen-bond acceptors (Lipinski definition) is 6. The number of imidazole rings is 1. The summed E-state index contributed by atoms with van der Waals surface area (Å²) < 4.78 is 51.9. The molecule has 1 aliphatic heterocycles. The molecule has 0 N–H and O–H groups in total. The van der Waals surface area contributed by atoms with E-state index in [2.05, 4.69) is 9.97 Å². The zero-order chi connectivity index (χ0) is 20.9. The molecule has 0 saturated carbocycles. The van der Waals surface area contributed by atoms with Crippen LogP contribution in [0.1, 0.15) is 26.8 Å². The molecule has 2 aromatic carbocycles. The van der Waals surface area contributed by atoms with Gasteiger partial charge in [-0.3, -0.25) is 4.57 Å². The molecule has 3 heterocycles. The third kappa shape index (κ3) is 3.18. The molecule has 1 aliphatic rings. The minimum atomic E-state index is -4.44. The van der Waals surface area contributed by atoms with Crippen LogP contribution in [0.4, 0.5) is 13.2 Å². The number of carbonyl (C=O) groups is 1. The van der Waals surface area contributed by atoms with E-state index in [0.29, 0.717) is 21.2 Å². The van der Waals surface area contributed by atoms with Gasteiger partial charge in [0.1, 0.15) is 30.3 Å². The Balaban J connectivity index is 1.35. The van der Waals surface area contributed by atoms with E-state index in [1.165, 1.54) is 23.7 Å². The molecule has 0 saturated heterocycles. The standard InChI is InChI=1S/C20H12F3N3O3S/c21-20(22,23)11-5-6-16-12(7-11)25-17(30-16)9-29-19(27)18-14-8-28-15-4-2-1-3-13(15)26(14)10-24-18/h1-7,10H,8-9H2. The summed E-state index contributed by atoms with van der Waals surface area (Å²) in [5.41, 5.74) is 0.916. The summed E-state index contributed by atoms with van der Waals surface area (Å²) in [6, 6.07) is 10.7. The van der Waals surface area contributed by atoms with Crippen LogP contribution in [0.2, 0.25) is 0 Å². The van der Waals surface area contributed by atoms with Crippen molar-refractivity contribution in [3.8, 4) is 11.4 Å². The molecular weight excluding hydrogens is 419 g/mol. The smallest absolute Gasteiger partial charge is 0.416 e. The second-order valence-corrected chi connectivity index (χ2v) is 7.65. The fourth-order valence-electron chi connectivity index (χ4n) is 3.22. The molecule has 0 bridgehead atoms. The maximum atomic E-state index is 12.9. The van der Waals surface area contributed by atoms with Crippen LogP contribution >= 0.6 is 11.3 Å². The summed E-state index contributed by atoms with van der Waals surface area (Å²) in [5.74, 6) is 0.0389. The minimum absolute atomic E-state index is 0.130. The molecule has 2 aromatic heterocycles. The molecule has 0 amide bonds. The summed E-state index contributed by atoms with van der Waals surface area (Å²) in [6.45, 7) is 0.00603. The number of rotatable bonds is 3. The van der Waals surface area contributed by atoms with E-state index in [9.17, 15) is 18.0 Å². The Morgan fingerprint density at radius 3 is 2.90 bits per heavy atom. The molecule has 5 rings (SSSR count). The van der Waals surface area contributed by atoms with Crippen LogP contribution in [-0.2, 0) is 24.1 Å². The molecule has 0 radical (unpaired) electrons. The number of ether oxygens (including phenoxy) is 2. The van der Waals surface area contributed by atoms with Crippen molar-refractivity contribution in [1.29, 1.82) is 0 Å². The van der Waals surface area contributed by atoms with Crippen LogP contribution in [0.5, 0.6) is 5.75 Å². The van der Waals surface area contributed by atoms with Gasteiger partial charge in [-0.15, -0.1) is 11.3 Å². The molecule has 0 spiro atoms. The number of alkyl halides is 3. The summed E-state index contributed by atoms with van der Waals surface area (Å²) in [5, 5.41) is 0.396. The summed E-state index contributed by atoms with van der Waals surface area (Å²) in [6.07, 6.45) is -2.91. The number of carbonyl (C=O) groups excluding carboxylic acids is 1. The summed E-state index contributed by atoms with van der Waals surface area (Å²) in [4.78, 5) is 20.8. The minimum Gasteiger partial charge on any atom is -0.485 e. The highest BCUT2D eigenvalue weighted by Crippen LogP contribution is 2.33. The van der Waals surface area contributed by atoms with E-state index in [4.69, 9.17) is 9.47 Å². The number of fused-ring (bicyclic) bond motifs is 4. The summed E-state index contributed by atoms with van der Waals surface area (Å²) >= 11 is 1.17. The third-order valence-electron chi connectivity index (χ3n) is 4.63. The molecule has 0 aliphatic carbocycles. The monoisotopic (exact) mass is 431 g/mol. The van der Waals surface area contributed by atoms with E-state index < -0.39 is 17.7 Å². The van der Waals surface area contributed by atoms with Gasteiger partial charge in [-0.1, -0.05) is 12.1 Å². The molecule has 0 atom stereocenters. The average molecular weight is 431 g/mol. The van der Waals surface area contributed by atoms with Crippen molar-refractivity contribution in [2.24, 2.45) is 0 Å². The molecule has 6 nitrogen and oxygen atoms in total. The number of thiazole rings is 1. The first kappa shape index (κ1) is 18.6. The van der Waals surface area contributed by atoms with Gasteiger partial charge in [-0.2, -0.15) is 13.2 Å². The first-order valence-electron chi connectivity index (χ1n) is 8.82. The SMILES string of the molecule is O=C(OCc1nc2cc(C(F)(F)F)ccc2s1)c1ncn2c1COc1ccccc1-2. The molecule has 0 unspecified atom stereocenters. The Bertz CT molecular complexity index is 1280. The van der Waals surface area contributed by atoms with Crippen molar-refractivity contribution in [1.82, 2.24) is 14.5 Å². The third-order valence-corrected chi connectivity index (χ3v) is 5.64. The summed E-state index contributed by atoms with van der Waals surface area (Å²) in [7, 11) is 0. The van der Waals surface area contributed by atoms with Crippen LogP contribution in [0.25, 0.3) is 15.9 Å². The van der Waals surface area contributed by atoms with Crippen LogP contribution in [0.3, 0.4) is 0 Å². The molecule has 30 heavy (non-hydrogen) atoms. The van der Waals surface area contributed by atoms with Crippen molar-refractivity contribution in [2.75, 3.05) is 0 Å². The number of benzene rings is 2. The largest absolute Gasteiger partial charge is 0.485 e. The second-order valence-electron chi connectivity index (χ2n) is 6.53. The highest BCUT2D eigenvalue weighted by molar-refractivity contribution is 7.18. The van der Waals surface area contributed by atoms with Gasteiger partial charge >= 0.3 is 12.1 Å². The van der Waals surface area contributed by atoms with Crippen LogP contribution in [0, 0.1) is 0 Å². The van der Waals surface area contributed by atoms with Crippen LogP contribution in [0.15, 0.2) is 48.8 Å². The Labute approximate surface area is 171 Å². The van der Waals surface area contributed by atoms with Crippen LogP contribution < -0.4 is 4.74 Å². The maximum absolute atomic E-state index is 12.9. The highest BCUT2D eigenvalue weighted by Gasteiger charge is 2.31. The fourth-order valence-corrected chi connectivity index (χ4v) is 4.08. The van der Waals surface area contributed by atoms with Crippen molar-refractivity contribution in [3.05, 3.63) is 70.8 Å². The Kier molecular flexibility index (Phi) is 4.24. The Morgan fingerprint density at radius 2 is 2.07 bits per heavy atom. The number of para-hydroxylation sites is 2. The van der Waals surface area contributed by atoms with Gasteiger partial charge in [0.15, 0.2) is 5.69 Å². The number of aromatic nitrogens is 3.